The molecule has 0 saturated carbocycles. The van der Waals surface area contributed by atoms with E-state index >= 15 is 0 Å². The van der Waals surface area contributed by atoms with Gasteiger partial charge in [0.05, 0.1) is 5.69 Å². The first-order chi connectivity index (χ1) is 6.51. The van der Waals surface area contributed by atoms with Gasteiger partial charge in [-0.05, 0) is 13.8 Å². The van der Waals surface area contributed by atoms with Gasteiger partial charge >= 0.3 is 0 Å². The quantitative estimate of drug-likeness (QED) is 0.799. The van der Waals surface area contributed by atoms with Crippen molar-refractivity contribution in [2.45, 2.75) is 32.2 Å². The van der Waals surface area contributed by atoms with Crippen LogP contribution in [0.1, 0.15) is 19.5 Å². The summed E-state index contributed by atoms with van der Waals surface area (Å²) >= 11 is 0. The van der Waals surface area contributed by atoms with E-state index in [0.29, 0.717) is 18.8 Å². The molecule has 0 spiro atoms. The number of aromatic nitrogens is 2. The van der Waals surface area contributed by atoms with Gasteiger partial charge in [-0.3, -0.25) is 4.68 Å². The first-order valence-corrected chi connectivity index (χ1v) is 6.03. The van der Waals surface area contributed by atoms with Crippen molar-refractivity contribution in [2.24, 2.45) is 0 Å². The zero-order valence-electron chi connectivity index (χ0n) is 8.61. The minimum atomic E-state index is -3.36. The molecule has 0 aromatic carbocycles. The molecule has 0 fully saturated rings. The molecule has 1 N–H and O–H groups in total. The standard InChI is InChI=1S/C8H15N3O2S/c1-4-9-14(12,13)8-6-11(5-2)10-7(8)3/h6,9H,4-5H2,1-3H3. The van der Waals surface area contributed by atoms with Gasteiger partial charge in [-0.15, -0.1) is 0 Å². The first kappa shape index (κ1) is 11.2. The second-order valence-corrected chi connectivity index (χ2v) is 4.67. The van der Waals surface area contributed by atoms with E-state index in [4.69, 9.17) is 0 Å². The van der Waals surface area contributed by atoms with Crippen LogP contribution in [0.2, 0.25) is 0 Å². The first-order valence-electron chi connectivity index (χ1n) is 4.55. The van der Waals surface area contributed by atoms with Crippen molar-refractivity contribution in [3.63, 3.8) is 0 Å². The second kappa shape index (κ2) is 4.10. The molecule has 1 aromatic heterocycles. The fourth-order valence-corrected chi connectivity index (χ4v) is 2.42. The van der Waals surface area contributed by atoms with E-state index in [-0.39, 0.29) is 4.90 Å². The minimum Gasteiger partial charge on any atom is -0.271 e. The highest BCUT2D eigenvalue weighted by molar-refractivity contribution is 7.89. The van der Waals surface area contributed by atoms with Crippen molar-refractivity contribution < 1.29 is 8.42 Å². The van der Waals surface area contributed by atoms with E-state index in [1.54, 1.807) is 24.7 Å². The molecule has 0 aliphatic rings. The lowest BCUT2D eigenvalue weighted by atomic mass is 10.5. The molecule has 1 heterocycles. The highest BCUT2D eigenvalue weighted by Crippen LogP contribution is 2.12. The Morgan fingerprint density at radius 3 is 2.57 bits per heavy atom. The highest BCUT2D eigenvalue weighted by Gasteiger charge is 2.18. The molecule has 1 rings (SSSR count). The summed E-state index contributed by atoms with van der Waals surface area (Å²) in [6.07, 6.45) is 1.55. The van der Waals surface area contributed by atoms with Crippen LogP contribution in [0, 0.1) is 6.92 Å². The van der Waals surface area contributed by atoms with Crippen molar-refractivity contribution in [2.75, 3.05) is 6.54 Å². The maximum Gasteiger partial charge on any atom is 0.243 e. The number of aryl methyl sites for hydroxylation is 2. The van der Waals surface area contributed by atoms with Crippen molar-refractivity contribution >= 4 is 10.0 Å². The Labute approximate surface area is 84.2 Å². The number of rotatable bonds is 4. The SMILES string of the molecule is CCNS(=O)(=O)c1cn(CC)nc1C. The Morgan fingerprint density at radius 1 is 1.50 bits per heavy atom. The third kappa shape index (κ3) is 2.13. The van der Waals surface area contributed by atoms with E-state index in [1.807, 2.05) is 6.92 Å². The molecular weight excluding hydrogens is 202 g/mol. The number of sulfonamides is 1. The Bertz CT molecular complexity index is 408. The average molecular weight is 217 g/mol. The molecule has 14 heavy (non-hydrogen) atoms. The maximum absolute atomic E-state index is 11.6. The fraction of sp³-hybridized carbons (Fsp3) is 0.625. The molecule has 0 atom stereocenters. The average Bonchev–Trinajstić information content (AvgIpc) is 2.47. The normalized spacial score (nSPS) is 11.9. The molecule has 0 bridgehead atoms. The Morgan fingerprint density at radius 2 is 2.14 bits per heavy atom. The summed E-state index contributed by atoms with van der Waals surface area (Å²) < 4.78 is 27.3. The third-order valence-corrected chi connectivity index (χ3v) is 3.50. The van der Waals surface area contributed by atoms with Gasteiger partial charge < -0.3 is 0 Å². The summed E-state index contributed by atoms with van der Waals surface area (Å²) in [6, 6.07) is 0. The van der Waals surface area contributed by atoms with Crippen LogP contribution in [0.25, 0.3) is 0 Å². The summed E-state index contributed by atoms with van der Waals surface area (Å²) in [5.74, 6) is 0. The Balaban J connectivity index is 3.12. The molecule has 80 valence electrons. The van der Waals surface area contributed by atoms with E-state index < -0.39 is 10.0 Å². The van der Waals surface area contributed by atoms with E-state index in [2.05, 4.69) is 9.82 Å². The summed E-state index contributed by atoms with van der Waals surface area (Å²) in [6.45, 7) is 6.41. The second-order valence-electron chi connectivity index (χ2n) is 2.94. The minimum absolute atomic E-state index is 0.265. The van der Waals surface area contributed by atoms with Crippen LogP contribution in [-0.4, -0.2) is 24.7 Å². The molecular formula is C8H15N3O2S. The lowest BCUT2D eigenvalue weighted by Gasteiger charge is -2.01. The van der Waals surface area contributed by atoms with Crippen LogP contribution in [0.3, 0.4) is 0 Å². The fourth-order valence-electron chi connectivity index (χ4n) is 1.19. The summed E-state index contributed by atoms with van der Waals surface area (Å²) in [5, 5.41) is 4.08. The van der Waals surface area contributed by atoms with Gasteiger partial charge in [-0.2, -0.15) is 5.10 Å². The predicted molar refractivity (Wildman–Crippen MR) is 53.5 cm³/mol. The topological polar surface area (TPSA) is 64.0 Å². The monoisotopic (exact) mass is 217 g/mol. The largest absolute Gasteiger partial charge is 0.271 e. The van der Waals surface area contributed by atoms with Gasteiger partial charge in [0.25, 0.3) is 0 Å². The number of nitrogens with one attached hydrogen (secondary N) is 1. The maximum atomic E-state index is 11.6. The lowest BCUT2D eigenvalue weighted by molar-refractivity contribution is 0.583. The smallest absolute Gasteiger partial charge is 0.243 e. The van der Waals surface area contributed by atoms with Crippen molar-refractivity contribution in [1.29, 1.82) is 0 Å². The highest BCUT2D eigenvalue weighted by atomic mass is 32.2. The van der Waals surface area contributed by atoms with Gasteiger partial charge in [-0.1, -0.05) is 6.92 Å². The van der Waals surface area contributed by atoms with Gasteiger partial charge in [0, 0.05) is 19.3 Å². The van der Waals surface area contributed by atoms with Crippen molar-refractivity contribution in [3.05, 3.63) is 11.9 Å². The molecule has 1 aromatic rings. The molecule has 0 aliphatic heterocycles. The third-order valence-electron chi connectivity index (χ3n) is 1.85. The van der Waals surface area contributed by atoms with Gasteiger partial charge in [0.15, 0.2) is 0 Å². The molecule has 0 unspecified atom stereocenters. The van der Waals surface area contributed by atoms with Crippen molar-refractivity contribution in [1.82, 2.24) is 14.5 Å². The zero-order chi connectivity index (χ0) is 10.8. The zero-order valence-corrected chi connectivity index (χ0v) is 9.43. The molecule has 0 saturated heterocycles. The van der Waals surface area contributed by atoms with Crippen LogP contribution < -0.4 is 4.72 Å². The molecule has 0 aliphatic carbocycles. The summed E-state index contributed by atoms with van der Waals surface area (Å²) in [7, 11) is -3.36. The van der Waals surface area contributed by atoms with Gasteiger partial charge in [-0.25, -0.2) is 13.1 Å². The van der Waals surface area contributed by atoms with Crippen LogP contribution in [0.15, 0.2) is 11.1 Å². The van der Waals surface area contributed by atoms with Crippen LogP contribution in [0.5, 0.6) is 0 Å². The number of nitrogens with zero attached hydrogens (tertiary/aromatic N) is 2. The Hall–Kier alpha value is -0.880. The lowest BCUT2D eigenvalue weighted by Crippen LogP contribution is -2.23. The van der Waals surface area contributed by atoms with Crippen LogP contribution in [-0.2, 0) is 16.6 Å². The summed E-state index contributed by atoms with van der Waals surface area (Å²) in [4.78, 5) is 0.265. The number of hydrogen-bond donors (Lipinski definition) is 1. The predicted octanol–water partition coefficient (Wildman–Crippen LogP) is 0.510. The molecule has 0 radical (unpaired) electrons. The van der Waals surface area contributed by atoms with Crippen LogP contribution >= 0.6 is 0 Å². The van der Waals surface area contributed by atoms with Crippen molar-refractivity contribution in [3.8, 4) is 0 Å². The number of hydrogen-bond acceptors (Lipinski definition) is 3. The molecule has 5 nitrogen and oxygen atoms in total. The van der Waals surface area contributed by atoms with Gasteiger partial charge in [0.2, 0.25) is 10.0 Å². The van der Waals surface area contributed by atoms with Gasteiger partial charge in [0.1, 0.15) is 4.90 Å². The summed E-state index contributed by atoms with van der Waals surface area (Å²) in [5.41, 5.74) is 0.535. The molecule has 0 amide bonds. The Kier molecular flexibility index (Phi) is 3.28. The molecule has 6 heteroatoms. The van der Waals surface area contributed by atoms with E-state index in [9.17, 15) is 8.42 Å². The van der Waals surface area contributed by atoms with Crippen LogP contribution in [0.4, 0.5) is 0 Å². The van der Waals surface area contributed by atoms with E-state index in [1.165, 1.54) is 0 Å². The van der Waals surface area contributed by atoms with E-state index in [0.717, 1.165) is 0 Å².